The van der Waals surface area contributed by atoms with Crippen LogP contribution in [0.5, 0.6) is 0 Å². The normalized spacial score (nSPS) is 11.8. The van der Waals surface area contributed by atoms with Crippen LogP contribution in [-0.4, -0.2) is 14.5 Å². The predicted molar refractivity (Wildman–Crippen MR) is 43.9 cm³/mol. The number of hydrogen-bond donors (Lipinski definition) is 0. The van der Waals surface area contributed by atoms with Crippen LogP contribution >= 0.6 is 0 Å². The van der Waals surface area contributed by atoms with Gasteiger partial charge in [-0.25, -0.2) is 4.39 Å². The van der Waals surface area contributed by atoms with E-state index in [2.05, 4.69) is 0 Å². The van der Waals surface area contributed by atoms with Crippen molar-refractivity contribution < 1.29 is 42.7 Å². The molecule has 0 bridgehead atoms. The summed E-state index contributed by atoms with van der Waals surface area (Å²) in [6.07, 6.45) is 0.239. The Hall–Kier alpha value is 0.260. The van der Waals surface area contributed by atoms with Crippen LogP contribution in [0.2, 0.25) is 0 Å². The molecule has 1 unspecified atom stereocenters. The maximum atomic E-state index is 12.8. The van der Waals surface area contributed by atoms with E-state index in [-0.39, 0.29) is 47.5 Å². The second-order valence-corrected chi connectivity index (χ2v) is 3.37. The Morgan fingerprint density at radius 3 is 2.54 bits per heavy atom. The van der Waals surface area contributed by atoms with Gasteiger partial charge >= 0.3 is 29.6 Å². The zero-order chi connectivity index (χ0) is 8.97. The van der Waals surface area contributed by atoms with Crippen LogP contribution in [0, 0.1) is 5.82 Å². The van der Waals surface area contributed by atoms with E-state index in [0.29, 0.717) is 5.56 Å². The van der Waals surface area contributed by atoms with E-state index >= 15 is 0 Å². The van der Waals surface area contributed by atoms with Crippen LogP contribution in [0.15, 0.2) is 24.3 Å². The standard InChI is InChI=1S/C8H9FO2S.Na/c9-8-4-2-1-3-7(8)5-6-12(10)11;/h1-4H,5-6H2,(H,10,11);/q;+1/p-1. The summed E-state index contributed by atoms with van der Waals surface area (Å²) >= 11 is -2.09. The average molecular weight is 210 g/mol. The van der Waals surface area contributed by atoms with Crippen molar-refractivity contribution in [2.24, 2.45) is 0 Å². The van der Waals surface area contributed by atoms with E-state index in [1.165, 1.54) is 6.07 Å². The van der Waals surface area contributed by atoms with Gasteiger partial charge in [0.05, 0.1) is 0 Å². The van der Waals surface area contributed by atoms with Gasteiger partial charge in [0.1, 0.15) is 5.82 Å². The number of aryl methyl sites for hydroxylation is 1. The fourth-order valence-corrected chi connectivity index (χ4v) is 1.28. The summed E-state index contributed by atoms with van der Waals surface area (Å²) in [6.45, 7) is 0. The number of hydrogen-bond acceptors (Lipinski definition) is 2. The first kappa shape index (κ1) is 13.3. The van der Waals surface area contributed by atoms with Gasteiger partial charge in [-0.2, -0.15) is 0 Å². The first-order valence-corrected chi connectivity index (χ1v) is 4.74. The Balaban J connectivity index is 0.00000144. The SMILES string of the molecule is O=S([O-])CCc1ccccc1F.[Na+]. The molecule has 2 nitrogen and oxygen atoms in total. The Morgan fingerprint density at radius 2 is 2.00 bits per heavy atom. The molecule has 0 amide bonds. The number of rotatable bonds is 3. The maximum absolute atomic E-state index is 12.8. The minimum Gasteiger partial charge on any atom is -0.772 e. The van der Waals surface area contributed by atoms with Gasteiger partial charge in [-0.1, -0.05) is 29.3 Å². The molecule has 0 radical (unpaired) electrons. The molecule has 1 aromatic rings. The fourth-order valence-electron chi connectivity index (χ4n) is 0.894. The molecule has 0 aromatic heterocycles. The average Bonchev–Trinajstić information content (AvgIpc) is 2.03. The minimum atomic E-state index is -2.09. The van der Waals surface area contributed by atoms with Crippen LogP contribution in [0.4, 0.5) is 4.39 Å². The predicted octanol–water partition coefficient (Wildman–Crippen LogP) is -1.75. The smallest absolute Gasteiger partial charge is 0.772 e. The molecule has 13 heavy (non-hydrogen) atoms. The van der Waals surface area contributed by atoms with E-state index in [1.54, 1.807) is 18.2 Å². The first-order valence-electron chi connectivity index (χ1n) is 3.49. The first-order chi connectivity index (χ1) is 5.70. The summed E-state index contributed by atoms with van der Waals surface area (Å²) in [5.74, 6) is -0.371. The zero-order valence-corrected chi connectivity index (χ0v) is 10.1. The van der Waals surface area contributed by atoms with Crippen molar-refractivity contribution in [1.82, 2.24) is 0 Å². The van der Waals surface area contributed by atoms with Crippen LogP contribution in [0.3, 0.4) is 0 Å². The number of benzene rings is 1. The minimum absolute atomic E-state index is 0. The topological polar surface area (TPSA) is 40.1 Å². The molecule has 66 valence electrons. The molecule has 0 fully saturated rings. The molecular weight excluding hydrogens is 202 g/mol. The Kier molecular flexibility index (Phi) is 6.81. The van der Waals surface area contributed by atoms with Crippen molar-refractivity contribution in [1.29, 1.82) is 0 Å². The summed E-state index contributed by atoms with van der Waals surface area (Å²) in [4.78, 5) is 0. The third kappa shape index (κ3) is 4.88. The summed E-state index contributed by atoms with van der Waals surface area (Å²) in [6, 6.07) is 6.17. The van der Waals surface area contributed by atoms with Crippen LogP contribution in [0.25, 0.3) is 0 Å². The molecule has 1 atom stereocenters. The molecule has 0 saturated heterocycles. The van der Waals surface area contributed by atoms with Gasteiger partial charge in [-0.3, -0.25) is 4.21 Å². The van der Waals surface area contributed by atoms with Gasteiger partial charge < -0.3 is 4.55 Å². The molecule has 0 aliphatic rings. The van der Waals surface area contributed by atoms with E-state index < -0.39 is 11.1 Å². The molecule has 0 aliphatic carbocycles. The molecule has 0 N–H and O–H groups in total. The summed E-state index contributed by atoms with van der Waals surface area (Å²) in [5, 5.41) is 0. The Morgan fingerprint density at radius 1 is 1.38 bits per heavy atom. The summed E-state index contributed by atoms with van der Waals surface area (Å²) in [5.41, 5.74) is 0.446. The van der Waals surface area contributed by atoms with Crippen molar-refractivity contribution in [3.63, 3.8) is 0 Å². The van der Waals surface area contributed by atoms with E-state index in [4.69, 9.17) is 0 Å². The van der Waals surface area contributed by atoms with Gasteiger partial charge in [-0.15, -0.1) is 0 Å². The van der Waals surface area contributed by atoms with Crippen molar-refractivity contribution in [3.8, 4) is 0 Å². The summed E-state index contributed by atoms with van der Waals surface area (Å²) in [7, 11) is 0. The van der Waals surface area contributed by atoms with Crippen LogP contribution in [0.1, 0.15) is 5.56 Å². The quantitative estimate of drug-likeness (QED) is 0.438. The van der Waals surface area contributed by atoms with Gasteiger partial charge in [0.15, 0.2) is 0 Å². The van der Waals surface area contributed by atoms with Crippen LogP contribution in [-0.2, 0) is 17.5 Å². The molecule has 0 aliphatic heterocycles. The maximum Gasteiger partial charge on any atom is 1.00 e. The second-order valence-electron chi connectivity index (χ2n) is 2.35. The summed E-state index contributed by atoms with van der Waals surface area (Å²) < 4.78 is 33.2. The van der Waals surface area contributed by atoms with Crippen molar-refractivity contribution in [2.45, 2.75) is 6.42 Å². The van der Waals surface area contributed by atoms with Gasteiger partial charge in [0.2, 0.25) is 0 Å². The van der Waals surface area contributed by atoms with E-state index in [1.807, 2.05) is 0 Å². The van der Waals surface area contributed by atoms with Crippen molar-refractivity contribution >= 4 is 11.1 Å². The Labute approximate surface area is 101 Å². The molecule has 0 saturated carbocycles. The third-order valence-electron chi connectivity index (χ3n) is 1.50. The molecule has 1 rings (SSSR count). The van der Waals surface area contributed by atoms with E-state index in [9.17, 15) is 13.2 Å². The molecule has 5 heteroatoms. The Bertz CT molecular complexity index is 293. The molecule has 1 aromatic carbocycles. The molecule has 0 heterocycles. The van der Waals surface area contributed by atoms with Gasteiger partial charge in [-0.05, 0) is 18.1 Å². The number of halogens is 1. The zero-order valence-electron chi connectivity index (χ0n) is 7.33. The second kappa shape index (κ2) is 6.68. The van der Waals surface area contributed by atoms with Gasteiger partial charge in [0.25, 0.3) is 0 Å². The van der Waals surface area contributed by atoms with Crippen molar-refractivity contribution in [3.05, 3.63) is 35.6 Å². The third-order valence-corrected chi connectivity index (χ3v) is 2.03. The largest absolute Gasteiger partial charge is 1.00 e. The fraction of sp³-hybridized carbons (Fsp3) is 0.250. The van der Waals surface area contributed by atoms with Crippen molar-refractivity contribution in [2.75, 3.05) is 5.75 Å². The van der Waals surface area contributed by atoms with Gasteiger partial charge in [0, 0.05) is 5.75 Å². The molecule has 0 spiro atoms. The van der Waals surface area contributed by atoms with Crippen LogP contribution < -0.4 is 29.6 Å². The van der Waals surface area contributed by atoms with E-state index in [0.717, 1.165) is 0 Å². The molecular formula is C8H8FNaO2S. The monoisotopic (exact) mass is 210 g/mol.